The van der Waals surface area contributed by atoms with E-state index in [0.717, 1.165) is 37.9 Å². The fraction of sp³-hybridized carbons (Fsp3) is 0.727. The van der Waals surface area contributed by atoms with Gasteiger partial charge in [0.15, 0.2) is 0 Å². The molecular formula is C11H19NO2. The van der Waals surface area contributed by atoms with Crippen LogP contribution in [0.5, 0.6) is 0 Å². The summed E-state index contributed by atoms with van der Waals surface area (Å²) in [5.41, 5.74) is 1.08. The number of carboxylic acids is 1. The van der Waals surface area contributed by atoms with Gasteiger partial charge in [-0.2, -0.15) is 0 Å². The summed E-state index contributed by atoms with van der Waals surface area (Å²) in [4.78, 5) is 12.9. The molecule has 1 heterocycles. The quantitative estimate of drug-likeness (QED) is 0.702. The van der Waals surface area contributed by atoms with Gasteiger partial charge in [-0.25, -0.2) is 4.79 Å². The molecule has 1 rings (SSSR count). The van der Waals surface area contributed by atoms with Gasteiger partial charge in [0.2, 0.25) is 0 Å². The van der Waals surface area contributed by atoms with Crippen molar-refractivity contribution in [2.45, 2.75) is 39.2 Å². The van der Waals surface area contributed by atoms with E-state index in [-0.39, 0.29) is 0 Å². The summed E-state index contributed by atoms with van der Waals surface area (Å²) in [6.07, 6.45) is 4.36. The molecule has 14 heavy (non-hydrogen) atoms. The molecule has 0 aromatic heterocycles. The van der Waals surface area contributed by atoms with E-state index >= 15 is 0 Å². The highest BCUT2D eigenvalue weighted by molar-refractivity contribution is 5.80. The highest BCUT2D eigenvalue weighted by atomic mass is 16.4. The monoisotopic (exact) mass is 197 g/mol. The Hall–Kier alpha value is -0.830. The summed E-state index contributed by atoms with van der Waals surface area (Å²) in [7, 11) is 0. The molecule has 3 heteroatoms. The average molecular weight is 197 g/mol. The van der Waals surface area contributed by atoms with E-state index in [1.807, 2.05) is 0 Å². The van der Waals surface area contributed by atoms with E-state index in [9.17, 15) is 4.79 Å². The lowest BCUT2D eigenvalue weighted by atomic mass is 10.0. The maximum absolute atomic E-state index is 10.4. The minimum Gasteiger partial charge on any atom is -0.478 e. The average Bonchev–Trinajstić information content (AvgIpc) is 2.17. The zero-order valence-electron chi connectivity index (χ0n) is 8.99. The smallest absolute Gasteiger partial charge is 0.328 e. The fourth-order valence-corrected chi connectivity index (χ4v) is 1.83. The molecule has 1 N–H and O–H groups in total. The molecule has 0 aliphatic carbocycles. The van der Waals surface area contributed by atoms with Gasteiger partial charge in [0.05, 0.1) is 0 Å². The molecule has 0 saturated carbocycles. The van der Waals surface area contributed by atoms with Gasteiger partial charge < -0.3 is 10.0 Å². The zero-order valence-corrected chi connectivity index (χ0v) is 8.99. The Morgan fingerprint density at radius 2 is 2.14 bits per heavy atom. The van der Waals surface area contributed by atoms with Crippen molar-refractivity contribution < 1.29 is 9.90 Å². The van der Waals surface area contributed by atoms with Crippen molar-refractivity contribution in [1.82, 2.24) is 4.90 Å². The van der Waals surface area contributed by atoms with E-state index in [2.05, 4.69) is 18.7 Å². The normalized spacial score (nSPS) is 20.6. The molecule has 80 valence electrons. The van der Waals surface area contributed by atoms with Crippen LogP contribution in [-0.2, 0) is 4.79 Å². The van der Waals surface area contributed by atoms with Crippen LogP contribution < -0.4 is 0 Å². The summed E-state index contributed by atoms with van der Waals surface area (Å²) in [6.45, 7) is 6.43. The zero-order chi connectivity index (χ0) is 10.6. The molecule has 0 spiro atoms. The molecular weight excluding hydrogens is 178 g/mol. The highest BCUT2D eigenvalue weighted by Crippen LogP contribution is 2.18. The highest BCUT2D eigenvalue weighted by Gasteiger charge is 2.17. The molecule has 0 bridgehead atoms. The van der Waals surface area contributed by atoms with Gasteiger partial charge in [-0.1, -0.05) is 12.5 Å². The first-order valence-corrected chi connectivity index (χ1v) is 5.30. The first-order chi connectivity index (χ1) is 6.63. The Bertz CT molecular complexity index is 225. The van der Waals surface area contributed by atoms with Crippen molar-refractivity contribution in [3.63, 3.8) is 0 Å². The molecule has 3 nitrogen and oxygen atoms in total. The summed E-state index contributed by atoms with van der Waals surface area (Å²) in [5.74, 6) is -0.808. The van der Waals surface area contributed by atoms with Crippen molar-refractivity contribution >= 4 is 5.97 Å². The lowest BCUT2D eigenvalue weighted by Crippen LogP contribution is -2.37. The van der Waals surface area contributed by atoms with Crippen molar-refractivity contribution in [1.29, 1.82) is 0 Å². The number of aliphatic carboxylic acids is 1. The topological polar surface area (TPSA) is 40.5 Å². The fourth-order valence-electron chi connectivity index (χ4n) is 1.83. The number of nitrogens with zero attached hydrogens (tertiary/aromatic N) is 1. The Balaban J connectivity index is 2.42. The Morgan fingerprint density at radius 3 is 2.57 bits per heavy atom. The van der Waals surface area contributed by atoms with Crippen molar-refractivity contribution in [3.05, 3.63) is 11.6 Å². The lowest BCUT2D eigenvalue weighted by Gasteiger charge is -2.32. The SMILES string of the molecule is CCC(C)N1CCC(=CC(=O)O)CC1. The van der Waals surface area contributed by atoms with Gasteiger partial charge >= 0.3 is 5.97 Å². The van der Waals surface area contributed by atoms with E-state index in [1.54, 1.807) is 0 Å². The summed E-state index contributed by atoms with van der Waals surface area (Å²) < 4.78 is 0. The van der Waals surface area contributed by atoms with Crippen LogP contribution in [0.3, 0.4) is 0 Å². The molecule has 0 aromatic rings. The Morgan fingerprint density at radius 1 is 1.57 bits per heavy atom. The number of carboxylic acid groups (broad SMARTS) is 1. The molecule has 1 aliphatic rings. The standard InChI is InChI=1S/C11H19NO2/c1-3-9(2)12-6-4-10(5-7-12)8-11(13)14/h8-9H,3-7H2,1-2H3,(H,13,14). The second-order valence-corrected chi connectivity index (χ2v) is 3.93. The molecule has 1 fully saturated rings. The summed E-state index contributed by atoms with van der Waals surface area (Å²) in [6, 6.07) is 0.626. The van der Waals surface area contributed by atoms with E-state index in [0.29, 0.717) is 6.04 Å². The first kappa shape index (κ1) is 11.2. The third-order valence-corrected chi connectivity index (χ3v) is 2.98. The van der Waals surface area contributed by atoms with Crippen molar-refractivity contribution in [3.8, 4) is 0 Å². The molecule has 1 atom stereocenters. The maximum atomic E-state index is 10.4. The molecule has 1 unspecified atom stereocenters. The van der Waals surface area contributed by atoms with Crippen LogP contribution >= 0.6 is 0 Å². The number of likely N-dealkylation sites (tertiary alicyclic amines) is 1. The second kappa shape index (κ2) is 5.15. The first-order valence-electron chi connectivity index (χ1n) is 5.30. The van der Waals surface area contributed by atoms with Crippen LogP contribution in [0.4, 0.5) is 0 Å². The van der Waals surface area contributed by atoms with Crippen LogP contribution in [0.15, 0.2) is 11.6 Å². The van der Waals surface area contributed by atoms with Crippen LogP contribution in [0.1, 0.15) is 33.1 Å². The molecule has 1 saturated heterocycles. The molecule has 0 amide bonds. The second-order valence-electron chi connectivity index (χ2n) is 3.93. The number of hydrogen-bond acceptors (Lipinski definition) is 2. The lowest BCUT2D eigenvalue weighted by molar-refractivity contribution is -0.131. The molecule has 0 aromatic carbocycles. The minimum absolute atomic E-state index is 0.626. The Labute approximate surface area is 85.4 Å². The predicted octanol–water partition coefficient (Wildman–Crippen LogP) is 1.89. The number of rotatable bonds is 3. The van der Waals surface area contributed by atoms with Crippen molar-refractivity contribution in [2.24, 2.45) is 0 Å². The number of piperidine rings is 1. The van der Waals surface area contributed by atoms with Gasteiger partial charge in [-0.3, -0.25) is 0 Å². The Kier molecular flexibility index (Phi) is 4.14. The number of hydrogen-bond donors (Lipinski definition) is 1. The largest absolute Gasteiger partial charge is 0.478 e. The van der Waals surface area contributed by atoms with E-state index in [4.69, 9.17) is 5.11 Å². The third kappa shape index (κ3) is 3.14. The van der Waals surface area contributed by atoms with Gasteiger partial charge in [0, 0.05) is 25.2 Å². The van der Waals surface area contributed by atoms with Gasteiger partial charge in [0.25, 0.3) is 0 Å². The molecule has 0 radical (unpaired) electrons. The predicted molar refractivity (Wildman–Crippen MR) is 56.3 cm³/mol. The van der Waals surface area contributed by atoms with Crippen molar-refractivity contribution in [2.75, 3.05) is 13.1 Å². The minimum atomic E-state index is -0.808. The summed E-state index contributed by atoms with van der Waals surface area (Å²) >= 11 is 0. The van der Waals surface area contributed by atoms with Crippen LogP contribution in [-0.4, -0.2) is 35.1 Å². The summed E-state index contributed by atoms with van der Waals surface area (Å²) in [5, 5.41) is 8.60. The van der Waals surface area contributed by atoms with Gasteiger partial charge in [-0.05, 0) is 26.2 Å². The van der Waals surface area contributed by atoms with E-state index in [1.165, 1.54) is 6.08 Å². The van der Waals surface area contributed by atoms with Gasteiger partial charge in [-0.15, -0.1) is 0 Å². The van der Waals surface area contributed by atoms with Crippen LogP contribution in [0.25, 0.3) is 0 Å². The van der Waals surface area contributed by atoms with Crippen LogP contribution in [0.2, 0.25) is 0 Å². The molecule has 1 aliphatic heterocycles. The van der Waals surface area contributed by atoms with E-state index < -0.39 is 5.97 Å². The maximum Gasteiger partial charge on any atom is 0.328 e. The number of carbonyl (C=O) groups is 1. The van der Waals surface area contributed by atoms with Crippen LogP contribution in [0, 0.1) is 0 Å². The van der Waals surface area contributed by atoms with Gasteiger partial charge in [0.1, 0.15) is 0 Å². The third-order valence-electron chi connectivity index (χ3n) is 2.98.